The minimum absolute atomic E-state index is 0.0687. The average molecular weight is 509 g/mol. The van der Waals surface area contributed by atoms with Gasteiger partial charge in [-0.3, -0.25) is 4.79 Å². The van der Waals surface area contributed by atoms with E-state index < -0.39 is 38.3 Å². The number of alkyl halides is 2. The van der Waals surface area contributed by atoms with Crippen molar-refractivity contribution >= 4 is 26.4 Å². The molecule has 0 saturated carbocycles. The Hall–Kier alpha value is -2.75. The maximum absolute atomic E-state index is 15.0. The minimum atomic E-state index is -5.55. The van der Waals surface area contributed by atoms with E-state index in [4.69, 9.17) is 3.63 Å². The highest BCUT2D eigenvalue weighted by Crippen LogP contribution is 2.70. The van der Waals surface area contributed by atoms with Gasteiger partial charge >= 0.3 is 21.3 Å². The van der Waals surface area contributed by atoms with Gasteiger partial charge in [0.2, 0.25) is 0 Å². The molecule has 3 rings (SSSR count). The third-order valence-electron chi connectivity index (χ3n) is 4.92. The quantitative estimate of drug-likeness (QED) is 0.275. The van der Waals surface area contributed by atoms with Gasteiger partial charge in [-0.15, -0.1) is 0 Å². The van der Waals surface area contributed by atoms with Gasteiger partial charge in [-0.05, 0) is 53.1 Å². The predicted molar refractivity (Wildman–Crippen MR) is 127 cm³/mol. The lowest BCUT2D eigenvalue weighted by Gasteiger charge is -2.40. The van der Waals surface area contributed by atoms with E-state index in [1.807, 2.05) is 6.92 Å². The van der Waals surface area contributed by atoms with Gasteiger partial charge in [0.05, 0.1) is 0 Å². The van der Waals surface area contributed by atoms with E-state index >= 15 is 0 Å². The fourth-order valence-electron chi connectivity index (χ4n) is 3.18. The van der Waals surface area contributed by atoms with Crippen molar-refractivity contribution in [1.82, 2.24) is 0 Å². The second kappa shape index (κ2) is 11.1. The van der Waals surface area contributed by atoms with Gasteiger partial charge in [0.15, 0.2) is 6.61 Å². The lowest BCUT2D eigenvalue weighted by molar-refractivity contribution is -0.149. The summed E-state index contributed by atoms with van der Waals surface area (Å²) in [6.45, 7) is 0.213. The molecule has 0 fully saturated rings. The van der Waals surface area contributed by atoms with Crippen molar-refractivity contribution in [3.05, 3.63) is 91.0 Å². The predicted octanol–water partition coefficient (Wildman–Crippen LogP) is 6.56. The highest BCUT2D eigenvalue weighted by molar-refractivity contribution is 8.33. The van der Waals surface area contributed by atoms with Crippen molar-refractivity contribution < 1.29 is 30.4 Å². The van der Waals surface area contributed by atoms with Crippen LogP contribution in [0.4, 0.5) is 8.78 Å². The molecule has 0 unspecified atom stereocenters. The molecule has 5 nitrogen and oxygen atoms in total. The van der Waals surface area contributed by atoms with Crippen molar-refractivity contribution in [2.24, 2.45) is 0 Å². The minimum Gasteiger partial charge on any atom is -0.458 e. The monoisotopic (exact) mass is 508 g/mol. The number of hydrogen-bond donors (Lipinski definition) is 0. The highest BCUT2D eigenvalue weighted by atomic mass is 32.3. The summed E-state index contributed by atoms with van der Waals surface area (Å²) in [7, 11) is -8.69. The third kappa shape index (κ3) is 5.65. The topological polar surface area (TPSA) is 69.7 Å². The van der Waals surface area contributed by atoms with Crippen LogP contribution in [0.1, 0.15) is 26.2 Å². The number of carbonyl (C=O) groups excluding carboxylic acids is 1. The maximum atomic E-state index is 15.0. The molecule has 3 aromatic carbocycles. The lowest BCUT2D eigenvalue weighted by atomic mass is 10.2. The zero-order valence-electron chi connectivity index (χ0n) is 18.6. The normalized spacial score (nSPS) is 12.8. The van der Waals surface area contributed by atoms with Crippen LogP contribution in [0.15, 0.2) is 106 Å². The van der Waals surface area contributed by atoms with Crippen LogP contribution in [-0.4, -0.2) is 26.2 Å². The van der Waals surface area contributed by atoms with E-state index in [1.165, 1.54) is 0 Å². The molecule has 0 N–H and O–H groups in total. The zero-order valence-corrected chi connectivity index (χ0v) is 20.2. The second-order valence-corrected chi connectivity index (χ2v) is 12.0. The largest absolute Gasteiger partial charge is 0.458 e. The number of carbonyl (C=O) groups is 1. The molecule has 0 aromatic heterocycles. The van der Waals surface area contributed by atoms with Crippen LogP contribution in [-0.2, 0) is 23.3 Å². The first kappa shape index (κ1) is 25.9. The Kier molecular flexibility index (Phi) is 8.46. The van der Waals surface area contributed by atoms with Gasteiger partial charge in [0, 0.05) is 21.1 Å². The Bertz CT molecular complexity index is 1080. The van der Waals surface area contributed by atoms with Gasteiger partial charge in [0.25, 0.3) is 0 Å². The Morgan fingerprint density at radius 3 is 1.59 bits per heavy atom. The summed E-state index contributed by atoms with van der Waals surface area (Å²) in [5, 5.41) is -4.45. The van der Waals surface area contributed by atoms with E-state index in [1.54, 1.807) is 91.0 Å². The summed E-state index contributed by atoms with van der Waals surface area (Å²) in [6.07, 6.45) is 1.06. The first-order valence-corrected chi connectivity index (χ1v) is 13.7. The highest BCUT2D eigenvalue weighted by Gasteiger charge is 2.52. The summed E-state index contributed by atoms with van der Waals surface area (Å²) in [6, 6.07) is 25.2. The summed E-state index contributed by atoms with van der Waals surface area (Å²) in [5.41, 5.74) is 0. The first-order valence-electron chi connectivity index (χ1n) is 10.7. The molecule has 0 bridgehead atoms. The van der Waals surface area contributed by atoms with Gasteiger partial charge < -0.3 is 4.74 Å². The smallest absolute Gasteiger partial charge is 0.403 e. The fraction of sp³-hybridized carbons (Fsp3) is 0.240. The first-order chi connectivity index (χ1) is 16.2. The Morgan fingerprint density at radius 1 is 0.794 bits per heavy atom. The molecule has 0 spiro atoms. The average Bonchev–Trinajstić information content (AvgIpc) is 2.86. The molecule has 0 aliphatic heterocycles. The molecule has 0 aliphatic carbocycles. The summed E-state index contributed by atoms with van der Waals surface area (Å²) in [4.78, 5) is 13.0. The Balaban J connectivity index is 2.10. The molecular weight excluding hydrogens is 482 g/mol. The van der Waals surface area contributed by atoms with Crippen LogP contribution in [0.5, 0.6) is 0 Å². The molecule has 0 heterocycles. The Labute approximate surface area is 200 Å². The van der Waals surface area contributed by atoms with E-state index in [-0.39, 0.29) is 6.42 Å². The van der Waals surface area contributed by atoms with Crippen molar-refractivity contribution in [2.45, 2.75) is 46.1 Å². The number of unbranched alkanes of at least 4 members (excludes halogenated alkanes) is 1. The molecule has 0 saturated heterocycles. The summed E-state index contributed by atoms with van der Waals surface area (Å²) >= 11 is 0. The molecule has 0 atom stereocenters. The van der Waals surface area contributed by atoms with E-state index in [0.29, 0.717) is 27.5 Å². The van der Waals surface area contributed by atoms with Gasteiger partial charge in [-0.2, -0.15) is 17.2 Å². The number of halogens is 2. The standard InChI is InChI=1S/C25H26F2O5S2/c1-2-3-19-24(28)31-20-25(26,27)34(29,30)32-33(21-13-7-4-8-14-21,22-15-9-5-10-16-22)23-17-11-6-12-18-23/h4-18H,2-3,19-20H2,1H3. The fourth-order valence-corrected chi connectivity index (χ4v) is 8.23. The van der Waals surface area contributed by atoms with Crippen LogP contribution in [0.2, 0.25) is 0 Å². The molecule has 34 heavy (non-hydrogen) atoms. The maximum Gasteiger partial charge on any atom is 0.403 e. The van der Waals surface area contributed by atoms with Crippen molar-refractivity contribution in [3.8, 4) is 0 Å². The third-order valence-corrected chi connectivity index (χ3v) is 10.1. The molecule has 182 valence electrons. The molecule has 9 heteroatoms. The van der Waals surface area contributed by atoms with Crippen molar-refractivity contribution in [1.29, 1.82) is 0 Å². The number of ether oxygens (including phenoxy) is 1. The van der Waals surface area contributed by atoms with Crippen LogP contribution < -0.4 is 0 Å². The summed E-state index contributed by atoms with van der Waals surface area (Å²) in [5.74, 6) is -0.885. The van der Waals surface area contributed by atoms with E-state index in [2.05, 4.69) is 4.74 Å². The molecular formula is C25H26F2O5S2. The van der Waals surface area contributed by atoms with Crippen LogP contribution in [0, 0.1) is 0 Å². The van der Waals surface area contributed by atoms with Gasteiger partial charge in [-0.1, -0.05) is 67.9 Å². The molecule has 3 aromatic rings. The van der Waals surface area contributed by atoms with Crippen LogP contribution >= 0.6 is 10.3 Å². The van der Waals surface area contributed by atoms with E-state index in [0.717, 1.165) is 0 Å². The number of benzene rings is 3. The van der Waals surface area contributed by atoms with E-state index in [9.17, 15) is 22.0 Å². The number of esters is 1. The van der Waals surface area contributed by atoms with Crippen LogP contribution in [0.25, 0.3) is 0 Å². The van der Waals surface area contributed by atoms with Gasteiger partial charge in [-0.25, -0.2) is 3.63 Å². The second-order valence-electron chi connectivity index (χ2n) is 7.42. The molecule has 0 amide bonds. The summed E-state index contributed by atoms with van der Waals surface area (Å²) < 4.78 is 66.3. The zero-order chi connectivity index (χ0) is 24.7. The molecule has 0 aliphatic rings. The van der Waals surface area contributed by atoms with Gasteiger partial charge in [0.1, 0.15) is 0 Å². The Morgan fingerprint density at radius 2 is 1.21 bits per heavy atom. The molecule has 0 radical (unpaired) electrons. The van der Waals surface area contributed by atoms with Crippen LogP contribution in [0.3, 0.4) is 0 Å². The van der Waals surface area contributed by atoms with Crippen molar-refractivity contribution in [3.63, 3.8) is 0 Å². The number of hydrogen-bond acceptors (Lipinski definition) is 5. The number of rotatable bonds is 11. The SMILES string of the molecule is CCCCC(=O)OCC(F)(F)S(=O)(=O)OS(c1ccccc1)(c1ccccc1)c1ccccc1. The van der Waals surface area contributed by atoms with Crippen molar-refractivity contribution in [2.75, 3.05) is 6.61 Å². The lowest BCUT2D eigenvalue weighted by Crippen LogP contribution is -2.37.